The Labute approximate surface area is 106 Å². The highest BCUT2D eigenvalue weighted by Crippen LogP contribution is 2.41. The van der Waals surface area contributed by atoms with E-state index in [1.165, 1.54) is 25.7 Å². The summed E-state index contributed by atoms with van der Waals surface area (Å²) >= 11 is 5.94. The first-order chi connectivity index (χ1) is 8.25. The van der Waals surface area contributed by atoms with Crippen LogP contribution in [-0.2, 0) is 4.84 Å². The van der Waals surface area contributed by atoms with Crippen molar-refractivity contribution in [3.8, 4) is 0 Å². The first-order valence-electron chi connectivity index (χ1n) is 6.22. The summed E-state index contributed by atoms with van der Waals surface area (Å²) in [7, 11) is 0. The minimum Gasteiger partial charge on any atom is -0.398 e. The third kappa shape index (κ3) is 2.03. The molecule has 1 saturated heterocycles. The second-order valence-electron chi connectivity index (χ2n) is 4.99. The van der Waals surface area contributed by atoms with Gasteiger partial charge in [-0.3, -0.25) is 4.84 Å². The topological polar surface area (TPSA) is 47.3 Å². The van der Waals surface area contributed by atoms with Crippen molar-refractivity contribution in [2.24, 2.45) is 5.92 Å². The van der Waals surface area contributed by atoms with Gasteiger partial charge in [-0.05, 0) is 30.5 Å². The highest BCUT2D eigenvalue weighted by molar-refractivity contribution is 6.33. The molecule has 17 heavy (non-hydrogen) atoms. The maximum atomic E-state index is 5.94. The molecule has 4 heteroatoms. The van der Waals surface area contributed by atoms with Crippen LogP contribution in [0, 0.1) is 5.92 Å². The van der Waals surface area contributed by atoms with Crippen LogP contribution >= 0.6 is 11.6 Å². The Bertz CT molecular complexity index is 424. The summed E-state index contributed by atoms with van der Waals surface area (Å²) in [5, 5.41) is 0.611. The molecule has 1 aliphatic carbocycles. The van der Waals surface area contributed by atoms with E-state index in [-0.39, 0.29) is 6.10 Å². The SMILES string of the molecule is Nc1cc(C2ONC3CCCCC32)ccc1Cl. The van der Waals surface area contributed by atoms with Gasteiger partial charge >= 0.3 is 0 Å². The Kier molecular flexibility index (Phi) is 2.99. The zero-order valence-electron chi connectivity index (χ0n) is 9.66. The van der Waals surface area contributed by atoms with E-state index in [2.05, 4.69) is 5.48 Å². The Hall–Kier alpha value is -0.770. The first kappa shape index (κ1) is 11.3. The first-order valence-corrected chi connectivity index (χ1v) is 6.59. The van der Waals surface area contributed by atoms with Crippen molar-refractivity contribution in [3.63, 3.8) is 0 Å². The molecule has 1 aliphatic heterocycles. The number of hydrogen-bond donors (Lipinski definition) is 2. The van der Waals surface area contributed by atoms with Crippen molar-refractivity contribution in [2.75, 3.05) is 5.73 Å². The molecule has 3 nitrogen and oxygen atoms in total. The van der Waals surface area contributed by atoms with Crippen molar-refractivity contribution >= 4 is 17.3 Å². The summed E-state index contributed by atoms with van der Waals surface area (Å²) in [5.41, 5.74) is 10.8. The fraction of sp³-hybridized carbons (Fsp3) is 0.538. The van der Waals surface area contributed by atoms with Gasteiger partial charge in [0, 0.05) is 12.0 Å². The van der Waals surface area contributed by atoms with E-state index in [0.717, 1.165) is 5.56 Å². The van der Waals surface area contributed by atoms with Gasteiger partial charge < -0.3 is 5.73 Å². The molecule has 3 N–H and O–H groups in total. The maximum absolute atomic E-state index is 5.94. The van der Waals surface area contributed by atoms with Crippen LogP contribution in [-0.4, -0.2) is 6.04 Å². The van der Waals surface area contributed by atoms with Crippen LogP contribution in [0.2, 0.25) is 5.02 Å². The number of benzene rings is 1. The van der Waals surface area contributed by atoms with Gasteiger partial charge in [-0.2, -0.15) is 5.48 Å². The number of nitrogens with one attached hydrogen (secondary N) is 1. The number of hydroxylamine groups is 1. The van der Waals surface area contributed by atoms with Gasteiger partial charge in [-0.15, -0.1) is 0 Å². The largest absolute Gasteiger partial charge is 0.398 e. The molecule has 1 heterocycles. The van der Waals surface area contributed by atoms with E-state index < -0.39 is 0 Å². The number of fused-ring (bicyclic) bond motifs is 1. The second kappa shape index (κ2) is 4.48. The molecule has 0 aromatic heterocycles. The predicted octanol–water partition coefficient (Wildman–Crippen LogP) is 3.06. The van der Waals surface area contributed by atoms with Gasteiger partial charge in [0.15, 0.2) is 0 Å². The molecule has 0 spiro atoms. The number of anilines is 1. The van der Waals surface area contributed by atoms with Crippen molar-refractivity contribution in [3.05, 3.63) is 28.8 Å². The Balaban J connectivity index is 1.86. The summed E-state index contributed by atoms with van der Waals surface area (Å²) in [6, 6.07) is 6.31. The van der Waals surface area contributed by atoms with Crippen LogP contribution in [0.5, 0.6) is 0 Å². The monoisotopic (exact) mass is 252 g/mol. The molecule has 1 saturated carbocycles. The van der Waals surface area contributed by atoms with Crippen molar-refractivity contribution in [1.29, 1.82) is 0 Å². The van der Waals surface area contributed by atoms with E-state index >= 15 is 0 Å². The lowest BCUT2D eigenvalue weighted by atomic mass is 9.80. The highest BCUT2D eigenvalue weighted by atomic mass is 35.5. The van der Waals surface area contributed by atoms with Crippen LogP contribution in [0.3, 0.4) is 0 Å². The molecular weight excluding hydrogens is 236 g/mol. The Morgan fingerprint density at radius 3 is 2.94 bits per heavy atom. The normalized spacial score (nSPS) is 32.4. The van der Waals surface area contributed by atoms with Gasteiger partial charge in [0.1, 0.15) is 6.10 Å². The molecule has 2 aliphatic rings. The zero-order valence-corrected chi connectivity index (χ0v) is 10.4. The summed E-state index contributed by atoms with van der Waals surface area (Å²) in [5.74, 6) is 0.573. The van der Waals surface area contributed by atoms with E-state index in [4.69, 9.17) is 22.2 Å². The quantitative estimate of drug-likeness (QED) is 0.756. The smallest absolute Gasteiger partial charge is 0.108 e. The lowest BCUT2D eigenvalue weighted by Gasteiger charge is -2.26. The van der Waals surface area contributed by atoms with Gasteiger partial charge in [-0.1, -0.05) is 30.5 Å². The third-order valence-corrected chi connectivity index (χ3v) is 4.25. The standard InChI is InChI=1S/C13H17ClN2O/c14-10-6-5-8(7-11(10)15)13-9-3-1-2-4-12(9)16-17-13/h5-7,9,12-13,16H,1-4,15H2. The van der Waals surface area contributed by atoms with Crippen LogP contribution in [0.4, 0.5) is 5.69 Å². The van der Waals surface area contributed by atoms with Gasteiger partial charge in [0.05, 0.1) is 10.7 Å². The van der Waals surface area contributed by atoms with E-state index in [0.29, 0.717) is 22.7 Å². The van der Waals surface area contributed by atoms with E-state index in [1.807, 2.05) is 18.2 Å². The zero-order chi connectivity index (χ0) is 11.8. The summed E-state index contributed by atoms with van der Waals surface area (Å²) in [6.07, 6.45) is 5.16. The Morgan fingerprint density at radius 2 is 2.12 bits per heavy atom. The second-order valence-corrected chi connectivity index (χ2v) is 5.40. The van der Waals surface area contributed by atoms with Gasteiger partial charge in [-0.25, -0.2) is 0 Å². The molecule has 2 fully saturated rings. The van der Waals surface area contributed by atoms with Crippen LogP contribution in [0.15, 0.2) is 18.2 Å². The van der Waals surface area contributed by atoms with Gasteiger partial charge in [0.25, 0.3) is 0 Å². The Morgan fingerprint density at radius 1 is 1.29 bits per heavy atom. The van der Waals surface area contributed by atoms with Crippen molar-refractivity contribution in [2.45, 2.75) is 37.8 Å². The number of halogens is 1. The summed E-state index contributed by atoms with van der Waals surface area (Å²) in [6.45, 7) is 0. The average molecular weight is 253 g/mol. The van der Waals surface area contributed by atoms with E-state index in [9.17, 15) is 0 Å². The van der Waals surface area contributed by atoms with E-state index in [1.54, 1.807) is 0 Å². The molecule has 3 atom stereocenters. The molecule has 92 valence electrons. The number of hydrogen-bond acceptors (Lipinski definition) is 3. The number of nitrogens with two attached hydrogens (primary N) is 1. The fourth-order valence-corrected chi connectivity index (χ4v) is 3.09. The summed E-state index contributed by atoms with van der Waals surface area (Å²) in [4.78, 5) is 5.73. The lowest BCUT2D eigenvalue weighted by molar-refractivity contribution is 0.0180. The molecule has 1 aromatic rings. The van der Waals surface area contributed by atoms with Gasteiger partial charge in [0.2, 0.25) is 0 Å². The number of nitrogen functional groups attached to an aromatic ring is 1. The maximum Gasteiger partial charge on any atom is 0.108 e. The van der Waals surface area contributed by atoms with Crippen molar-refractivity contribution < 1.29 is 4.84 Å². The number of rotatable bonds is 1. The molecule has 3 unspecified atom stereocenters. The van der Waals surface area contributed by atoms with Crippen LogP contribution in [0.1, 0.15) is 37.4 Å². The molecule has 0 amide bonds. The molecule has 0 radical (unpaired) electrons. The summed E-state index contributed by atoms with van der Waals surface area (Å²) < 4.78 is 0. The minimum absolute atomic E-state index is 0.125. The molecule has 3 rings (SSSR count). The molecular formula is C13H17ClN2O. The fourth-order valence-electron chi connectivity index (χ4n) is 2.97. The van der Waals surface area contributed by atoms with Crippen LogP contribution in [0.25, 0.3) is 0 Å². The average Bonchev–Trinajstić information content (AvgIpc) is 2.76. The highest BCUT2D eigenvalue weighted by Gasteiger charge is 2.39. The predicted molar refractivity (Wildman–Crippen MR) is 68.6 cm³/mol. The minimum atomic E-state index is 0.125. The molecule has 1 aromatic carbocycles. The molecule has 0 bridgehead atoms. The van der Waals surface area contributed by atoms with Crippen LogP contribution < -0.4 is 11.2 Å². The van der Waals surface area contributed by atoms with Crippen molar-refractivity contribution in [1.82, 2.24) is 5.48 Å². The third-order valence-electron chi connectivity index (χ3n) is 3.90. The lowest BCUT2D eigenvalue weighted by Crippen LogP contribution is -2.29.